The van der Waals surface area contributed by atoms with Gasteiger partial charge in [-0.25, -0.2) is 0 Å². The topological polar surface area (TPSA) is 55.6 Å². The number of hydrogen-bond donors (Lipinski definition) is 1. The molecule has 4 heteroatoms. The highest BCUT2D eigenvalue weighted by Gasteiger charge is 2.22. The van der Waals surface area contributed by atoms with E-state index in [1.807, 2.05) is 29.2 Å². The maximum Gasteiger partial charge on any atom is 0.222 e. The van der Waals surface area contributed by atoms with Crippen LogP contribution in [0.2, 0.25) is 0 Å². The third-order valence-electron chi connectivity index (χ3n) is 3.37. The Bertz CT molecular complexity index is 417. The molecule has 1 saturated heterocycles. The summed E-state index contributed by atoms with van der Waals surface area (Å²) in [5.41, 5.74) is 7.20. The van der Waals surface area contributed by atoms with Crippen LogP contribution in [0.25, 0.3) is 0 Å². The zero-order valence-corrected chi connectivity index (χ0v) is 11.5. The minimum atomic E-state index is -0.123. The molecule has 1 aliphatic rings. The van der Waals surface area contributed by atoms with Gasteiger partial charge in [0.25, 0.3) is 0 Å². The SMILES string of the molecule is CCCOc1ccc(C(N)CN2CCCC2=O)cc1. The smallest absolute Gasteiger partial charge is 0.222 e. The first kappa shape index (κ1) is 13.9. The number of carbonyl (C=O) groups excluding carboxylic acids is 1. The Morgan fingerprint density at radius 2 is 2.11 bits per heavy atom. The normalized spacial score (nSPS) is 16.7. The van der Waals surface area contributed by atoms with E-state index in [0.717, 1.165) is 37.3 Å². The van der Waals surface area contributed by atoms with Gasteiger partial charge in [-0.2, -0.15) is 0 Å². The van der Waals surface area contributed by atoms with E-state index in [2.05, 4.69) is 6.92 Å². The Kier molecular flexibility index (Phi) is 4.80. The fourth-order valence-electron chi connectivity index (χ4n) is 2.27. The zero-order chi connectivity index (χ0) is 13.7. The molecule has 1 amide bonds. The van der Waals surface area contributed by atoms with Gasteiger partial charge in [0.1, 0.15) is 5.75 Å². The molecule has 0 aliphatic carbocycles. The molecule has 104 valence electrons. The standard InChI is InChI=1S/C15H22N2O2/c1-2-10-19-13-7-5-12(6-8-13)14(16)11-17-9-3-4-15(17)18/h5-8,14H,2-4,9-11,16H2,1H3. The minimum Gasteiger partial charge on any atom is -0.494 e. The second-order valence-electron chi connectivity index (χ2n) is 4.97. The van der Waals surface area contributed by atoms with Gasteiger partial charge in [0.15, 0.2) is 0 Å². The molecule has 0 aromatic heterocycles. The zero-order valence-electron chi connectivity index (χ0n) is 11.5. The van der Waals surface area contributed by atoms with Crippen LogP contribution in [-0.2, 0) is 4.79 Å². The fourth-order valence-corrected chi connectivity index (χ4v) is 2.27. The summed E-state index contributed by atoms with van der Waals surface area (Å²) in [6.07, 6.45) is 2.62. The molecule has 1 atom stereocenters. The second kappa shape index (κ2) is 6.57. The van der Waals surface area contributed by atoms with Crippen molar-refractivity contribution in [2.24, 2.45) is 5.73 Å². The molecule has 4 nitrogen and oxygen atoms in total. The van der Waals surface area contributed by atoms with Crippen molar-refractivity contribution in [3.63, 3.8) is 0 Å². The number of likely N-dealkylation sites (tertiary alicyclic amines) is 1. The quantitative estimate of drug-likeness (QED) is 0.854. The number of nitrogens with zero attached hydrogens (tertiary/aromatic N) is 1. The molecule has 0 spiro atoms. The first-order valence-electron chi connectivity index (χ1n) is 6.97. The van der Waals surface area contributed by atoms with E-state index < -0.39 is 0 Å². The number of hydrogen-bond acceptors (Lipinski definition) is 3. The molecule has 1 aromatic carbocycles. The lowest BCUT2D eigenvalue weighted by Gasteiger charge is -2.21. The lowest BCUT2D eigenvalue weighted by atomic mass is 10.1. The van der Waals surface area contributed by atoms with Crippen LogP contribution in [0.1, 0.15) is 37.8 Å². The van der Waals surface area contributed by atoms with Crippen molar-refractivity contribution in [3.05, 3.63) is 29.8 Å². The summed E-state index contributed by atoms with van der Waals surface area (Å²) in [6, 6.07) is 7.72. The molecule has 0 radical (unpaired) electrons. The molecule has 1 aromatic rings. The summed E-state index contributed by atoms with van der Waals surface area (Å²) in [7, 11) is 0. The van der Waals surface area contributed by atoms with Crippen molar-refractivity contribution in [3.8, 4) is 5.75 Å². The number of ether oxygens (including phenoxy) is 1. The number of rotatable bonds is 6. The number of nitrogens with two attached hydrogens (primary N) is 1. The Hall–Kier alpha value is -1.55. The molecule has 2 rings (SSSR count). The van der Waals surface area contributed by atoms with Crippen molar-refractivity contribution in [2.75, 3.05) is 19.7 Å². The van der Waals surface area contributed by atoms with Crippen LogP contribution in [0.5, 0.6) is 5.75 Å². The van der Waals surface area contributed by atoms with Crippen LogP contribution in [0.3, 0.4) is 0 Å². The van der Waals surface area contributed by atoms with E-state index in [-0.39, 0.29) is 11.9 Å². The molecule has 2 N–H and O–H groups in total. The van der Waals surface area contributed by atoms with E-state index in [4.69, 9.17) is 10.5 Å². The molecular formula is C15H22N2O2. The minimum absolute atomic E-state index is 0.123. The third-order valence-corrected chi connectivity index (χ3v) is 3.37. The number of benzene rings is 1. The summed E-state index contributed by atoms with van der Waals surface area (Å²) in [5.74, 6) is 1.09. The van der Waals surface area contributed by atoms with E-state index in [9.17, 15) is 4.79 Å². The lowest BCUT2D eigenvalue weighted by molar-refractivity contribution is -0.127. The number of carbonyl (C=O) groups is 1. The lowest BCUT2D eigenvalue weighted by Crippen LogP contribution is -2.32. The van der Waals surface area contributed by atoms with Crippen LogP contribution >= 0.6 is 0 Å². The van der Waals surface area contributed by atoms with Gasteiger partial charge in [-0.3, -0.25) is 4.79 Å². The van der Waals surface area contributed by atoms with Gasteiger partial charge in [-0.05, 0) is 30.5 Å². The predicted octanol–water partition coefficient (Wildman–Crippen LogP) is 2.10. The fraction of sp³-hybridized carbons (Fsp3) is 0.533. The predicted molar refractivity (Wildman–Crippen MR) is 75.0 cm³/mol. The van der Waals surface area contributed by atoms with Crippen LogP contribution < -0.4 is 10.5 Å². The molecular weight excluding hydrogens is 240 g/mol. The molecule has 0 saturated carbocycles. The van der Waals surface area contributed by atoms with E-state index >= 15 is 0 Å². The third kappa shape index (κ3) is 3.70. The van der Waals surface area contributed by atoms with Gasteiger partial charge in [-0.1, -0.05) is 19.1 Å². The van der Waals surface area contributed by atoms with Gasteiger partial charge in [0.2, 0.25) is 5.91 Å². The summed E-state index contributed by atoms with van der Waals surface area (Å²) in [4.78, 5) is 13.4. The molecule has 0 bridgehead atoms. The van der Waals surface area contributed by atoms with Gasteiger partial charge < -0.3 is 15.4 Å². The van der Waals surface area contributed by atoms with Crippen molar-refractivity contribution in [2.45, 2.75) is 32.2 Å². The average molecular weight is 262 g/mol. The maximum absolute atomic E-state index is 11.6. The largest absolute Gasteiger partial charge is 0.494 e. The highest BCUT2D eigenvalue weighted by molar-refractivity contribution is 5.78. The summed E-state index contributed by atoms with van der Waals surface area (Å²) in [6.45, 7) is 4.25. The number of amides is 1. The Balaban J connectivity index is 1.91. The van der Waals surface area contributed by atoms with E-state index in [1.54, 1.807) is 0 Å². The highest BCUT2D eigenvalue weighted by atomic mass is 16.5. The average Bonchev–Trinajstić information content (AvgIpc) is 2.82. The van der Waals surface area contributed by atoms with E-state index in [0.29, 0.717) is 13.0 Å². The first-order valence-corrected chi connectivity index (χ1v) is 6.97. The molecule has 1 heterocycles. The Morgan fingerprint density at radius 1 is 1.37 bits per heavy atom. The van der Waals surface area contributed by atoms with Crippen molar-refractivity contribution >= 4 is 5.91 Å². The summed E-state index contributed by atoms with van der Waals surface area (Å²) < 4.78 is 5.54. The van der Waals surface area contributed by atoms with Gasteiger partial charge in [0, 0.05) is 25.6 Å². The summed E-state index contributed by atoms with van der Waals surface area (Å²) in [5, 5.41) is 0. The van der Waals surface area contributed by atoms with Crippen LogP contribution in [0, 0.1) is 0 Å². The highest BCUT2D eigenvalue weighted by Crippen LogP contribution is 2.19. The van der Waals surface area contributed by atoms with Gasteiger partial charge >= 0.3 is 0 Å². The van der Waals surface area contributed by atoms with Crippen molar-refractivity contribution in [1.29, 1.82) is 0 Å². The van der Waals surface area contributed by atoms with Gasteiger partial charge in [-0.15, -0.1) is 0 Å². The molecule has 1 aliphatic heterocycles. The molecule has 1 fully saturated rings. The summed E-state index contributed by atoms with van der Waals surface area (Å²) >= 11 is 0. The maximum atomic E-state index is 11.6. The monoisotopic (exact) mass is 262 g/mol. The second-order valence-corrected chi connectivity index (χ2v) is 4.97. The van der Waals surface area contributed by atoms with E-state index in [1.165, 1.54) is 0 Å². The van der Waals surface area contributed by atoms with Gasteiger partial charge in [0.05, 0.1) is 6.61 Å². The van der Waals surface area contributed by atoms with Crippen LogP contribution in [0.4, 0.5) is 0 Å². The molecule has 19 heavy (non-hydrogen) atoms. The Morgan fingerprint density at radius 3 is 2.68 bits per heavy atom. The van der Waals surface area contributed by atoms with Crippen molar-refractivity contribution in [1.82, 2.24) is 4.90 Å². The van der Waals surface area contributed by atoms with Crippen molar-refractivity contribution < 1.29 is 9.53 Å². The molecule has 1 unspecified atom stereocenters. The van der Waals surface area contributed by atoms with Crippen LogP contribution in [0.15, 0.2) is 24.3 Å². The van der Waals surface area contributed by atoms with Crippen LogP contribution in [-0.4, -0.2) is 30.5 Å². The first-order chi connectivity index (χ1) is 9.20. The Labute approximate surface area is 114 Å².